The second-order valence-electron chi connectivity index (χ2n) is 6.01. The number of hydrogen-bond donors (Lipinski definition) is 2. The number of amides is 2. The lowest BCUT2D eigenvalue weighted by Gasteiger charge is -2.17. The van der Waals surface area contributed by atoms with E-state index >= 15 is 0 Å². The van der Waals surface area contributed by atoms with Crippen molar-refractivity contribution in [2.75, 3.05) is 17.7 Å². The van der Waals surface area contributed by atoms with E-state index in [0.717, 1.165) is 6.08 Å². The fourth-order valence-corrected chi connectivity index (χ4v) is 1.68. The average Bonchev–Trinajstić information content (AvgIpc) is 2.46. The quantitative estimate of drug-likeness (QED) is 0.624. The molecule has 1 rings (SSSR count). The van der Waals surface area contributed by atoms with Crippen LogP contribution < -0.4 is 15.4 Å². The van der Waals surface area contributed by atoms with Crippen molar-refractivity contribution in [3.05, 3.63) is 30.9 Å². The van der Waals surface area contributed by atoms with E-state index in [2.05, 4.69) is 17.2 Å². The molecule has 2 N–H and O–H groups in total. The van der Waals surface area contributed by atoms with Crippen molar-refractivity contribution >= 4 is 29.0 Å². The first kappa shape index (κ1) is 18.4. The summed E-state index contributed by atoms with van der Waals surface area (Å²) in [5, 5.41) is 5.23. The van der Waals surface area contributed by atoms with Crippen molar-refractivity contribution in [2.24, 2.45) is 5.41 Å². The smallest absolute Gasteiger partial charge is 0.247 e. The number of carbonyl (C=O) groups excluding carboxylic acids is 3. The van der Waals surface area contributed by atoms with Gasteiger partial charge in [-0.2, -0.15) is 0 Å². The van der Waals surface area contributed by atoms with Crippen LogP contribution >= 0.6 is 0 Å². The van der Waals surface area contributed by atoms with Crippen LogP contribution in [0.2, 0.25) is 0 Å². The minimum Gasteiger partial charge on any atom is -0.495 e. The molecule has 6 heteroatoms. The summed E-state index contributed by atoms with van der Waals surface area (Å²) in [6.45, 7) is 8.65. The molecule has 0 saturated carbocycles. The molecule has 6 nitrogen and oxygen atoms in total. The number of ether oxygens (including phenoxy) is 1. The number of nitrogens with one attached hydrogen (secondary N) is 2. The van der Waals surface area contributed by atoms with Crippen LogP contribution in [0.5, 0.6) is 5.75 Å². The first-order valence-electron chi connectivity index (χ1n) is 7.12. The van der Waals surface area contributed by atoms with Gasteiger partial charge in [0.1, 0.15) is 11.5 Å². The number of rotatable bonds is 6. The maximum atomic E-state index is 12.0. The molecular weight excluding hydrogens is 296 g/mol. The number of hydrogen-bond acceptors (Lipinski definition) is 4. The second-order valence-corrected chi connectivity index (χ2v) is 6.01. The molecule has 0 bridgehead atoms. The number of anilines is 2. The number of Topliss-reactive ketones (excluding diaryl/α,β-unsaturated/α-hetero) is 1. The maximum absolute atomic E-state index is 12.0. The summed E-state index contributed by atoms with van der Waals surface area (Å²) in [4.78, 5) is 35.3. The standard InChI is InChI=1S/C17H22N2O4/c1-6-15(21)18-11-7-8-13(23-5)12(9-11)19-16(22)10-14(20)17(2,3)4/h6-9H,1,10H2,2-5H3,(H,18,21)(H,19,22). The SMILES string of the molecule is C=CC(=O)Nc1ccc(OC)c(NC(=O)CC(=O)C(C)(C)C)c1. The molecule has 0 aliphatic heterocycles. The highest BCUT2D eigenvalue weighted by molar-refractivity contribution is 6.07. The van der Waals surface area contributed by atoms with Gasteiger partial charge in [-0.25, -0.2) is 0 Å². The highest BCUT2D eigenvalue weighted by Crippen LogP contribution is 2.28. The van der Waals surface area contributed by atoms with Gasteiger partial charge in [-0.1, -0.05) is 27.4 Å². The topological polar surface area (TPSA) is 84.5 Å². The molecule has 0 aromatic heterocycles. The van der Waals surface area contributed by atoms with Crippen LogP contribution in [0.1, 0.15) is 27.2 Å². The van der Waals surface area contributed by atoms with E-state index in [4.69, 9.17) is 4.74 Å². The zero-order valence-corrected chi connectivity index (χ0v) is 13.9. The molecule has 1 aromatic rings. The van der Waals surface area contributed by atoms with Crippen molar-refractivity contribution in [3.63, 3.8) is 0 Å². The van der Waals surface area contributed by atoms with Gasteiger partial charge in [-0.15, -0.1) is 0 Å². The summed E-state index contributed by atoms with van der Waals surface area (Å²) in [6.07, 6.45) is 0.917. The number of carbonyl (C=O) groups is 3. The van der Waals surface area contributed by atoms with Crippen molar-refractivity contribution in [1.82, 2.24) is 0 Å². The highest BCUT2D eigenvalue weighted by Gasteiger charge is 2.24. The normalized spacial score (nSPS) is 10.6. The maximum Gasteiger partial charge on any atom is 0.247 e. The Hall–Kier alpha value is -2.63. The van der Waals surface area contributed by atoms with E-state index in [1.165, 1.54) is 7.11 Å². The fourth-order valence-electron chi connectivity index (χ4n) is 1.68. The largest absolute Gasteiger partial charge is 0.495 e. The van der Waals surface area contributed by atoms with Gasteiger partial charge in [0.15, 0.2) is 0 Å². The molecule has 1 aromatic carbocycles. The predicted molar refractivity (Wildman–Crippen MR) is 89.5 cm³/mol. The van der Waals surface area contributed by atoms with E-state index in [0.29, 0.717) is 17.1 Å². The van der Waals surface area contributed by atoms with Crippen LogP contribution in [-0.4, -0.2) is 24.7 Å². The highest BCUT2D eigenvalue weighted by atomic mass is 16.5. The van der Waals surface area contributed by atoms with Crippen molar-refractivity contribution < 1.29 is 19.1 Å². The fraction of sp³-hybridized carbons (Fsp3) is 0.353. The third-order valence-corrected chi connectivity index (χ3v) is 3.08. The summed E-state index contributed by atoms with van der Waals surface area (Å²) in [5.74, 6) is -0.533. The Morgan fingerprint density at radius 3 is 2.39 bits per heavy atom. The average molecular weight is 318 g/mol. The second kappa shape index (κ2) is 7.58. The lowest BCUT2D eigenvalue weighted by atomic mass is 9.89. The van der Waals surface area contributed by atoms with E-state index < -0.39 is 11.3 Å². The van der Waals surface area contributed by atoms with Crippen LogP contribution in [0.4, 0.5) is 11.4 Å². The first-order valence-corrected chi connectivity index (χ1v) is 7.12. The van der Waals surface area contributed by atoms with E-state index in [9.17, 15) is 14.4 Å². The Bertz CT molecular complexity index is 630. The van der Waals surface area contributed by atoms with Gasteiger partial charge >= 0.3 is 0 Å². The van der Waals surface area contributed by atoms with Crippen LogP contribution in [-0.2, 0) is 14.4 Å². The summed E-state index contributed by atoms with van der Waals surface area (Å²) < 4.78 is 5.17. The Morgan fingerprint density at radius 2 is 1.87 bits per heavy atom. The molecule has 0 radical (unpaired) electrons. The lowest BCUT2D eigenvalue weighted by molar-refractivity contribution is -0.130. The van der Waals surface area contributed by atoms with Crippen molar-refractivity contribution in [2.45, 2.75) is 27.2 Å². The van der Waals surface area contributed by atoms with Crippen LogP contribution in [0.3, 0.4) is 0 Å². The number of benzene rings is 1. The van der Waals surface area contributed by atoms with Crippen LogP contribution in [0.15, 0.2) is 30.9 Å². The van der Waals surface area contributed by atoms with Crippen molar-refractivity contribution in [1.29, 1.82) is 0 Å². The Morgan fingerprint density at radius 1 is 1.22 bits per heavy atom. The van der Waals surface area contributed by atoms with E-state index in [1.807, 2.05) is 0 Å². The molecule has 0 aliphatic carbocycles. The Balaban J connectivity index is 2.90. The lowest BCUT2D eigenvalue weighted by Crippen LogP contribution is -2.26. The molecule has 0 unspecified atom stereocenters. The van der Waals surface area contributed by atoms with Gasteiger partial charge < -0.3 is 15.4 Å². The van der Waals surface area contributed by atoms with Gasteiger partial charge in [-0.3, -0.25) is 14.4 Å². The monoisotopic (exact) mass is 318 g/mol. The zero-order chi connectivity index (χ0) is 17.6. The predicted octanol–water partition coefficient (Wildman–Crippen LogP) is 2.76. The summed E-state index contributed by atoms with van der Waals surface area (Å²) >= 11 is 0. The first-order chi connectivity index (χ1) is 10.7. The molecule has 0 atom stereocenters. The third kappa shape index (κ3) is 5.58. The Kier molecular flexibility index (Phi) is 6.07. The molecule has 0 saturated heterocycles. The molecule has 0 spiro atoms. The van der Waals surface area contributed by atoms with Crippen molar-refractivity contribution in [3.8, 4) is 5.75 Å². The minimum absolute atomic E-state index is 0.162. The number of ketones is 1. The molecule has 0 heterocycles. The van der Waals surface area contributed by atoms with Gasteiger partial charge in [0.05, 0.1) is 19.2 Å². The molecule has 2 amide bonds. The molecular formula is C17H22N2O4. The molecule has 0 fully saturated rings. The van der Waals surface area contributed by atoms with Gasteiger partial charge in [0.25, 0.3) is 0 Å². The molecule has 0 aliphatic rings. The van der Waals surface area contributed by atoms with Gasteiger partial charge in [0, 0.05) is 11.1 Å². The van der Waals surface area contributed by atoms with E-state index in [-0.39, 0.29) is 18.1 Å². The zero-order valence-electron chi connectivity index (χ0n) is 13.9. The molecule has 23 heavy (non-hydrogen) atoms. The van der Waals surface area contributed by atoms with Crippen LogP contribution in [0.25, 0.3) is 0 Å². The van der Waals surface area contributed by atoms with E-state index in [1.54, 1.807) is 39.0 Å². The Labute approximate surface area is 135 Å². The molecule has 124 valence electrons. The van der Waals surface area contributed by atoms with Gasteiger partial charge in [-0.05, 0) is 24.3 Å². The van der Waals surface area contributed by atoms with Crippen LogP contribution in [0, 0.1) is 5.41 Å². The third-order valence-electron chi connectivity index (χ3n) is 3.08. The van der Waals surface area contributed by atoms with Gasteiger partial charge in [0.2, 0.25) is 11.8 Å². The number of methoxy groups -OCH3 is 1. The summed E-state index contributed by atoms with van der Waals surface area (Å²) in [7, 11) is 1.47. The summed E-state index contributed by atoms with van der Waals surface area (Å²) in [5.41, 5.74) is 0.274. The minimum atomic E-state index is -0.582. The summed E-state index contributed by atoms with van der Waals surface area (Å²) in [6, 6.07) is 4.80.